The molecule has 1 heterocycles. The van der Waals surface area contributed by atoms with Crippen LogP contribution < -0.4 is 5.14 Å². The van der Waals surface area contributed by atoms with Crippen molar-refractivity contribution in [3.63, 3.8) is 0 Å². The van der Waals surface area contributed by atoms with Gasteiger partial charge in [0.25, 0.3) is 0 Å². The number of hydrogen-bond donors (Lipinski definition) is 3. The second-order valence-corrected chi connectivity index (χ2v) is 7.89. The van der Waals surface area contributed by atoms with Gasteiger partial charge in [-0.1, -0.05) is 7.43 Å². The Bertz CT molecular complexity index is 905. The summed E-state index contributed by atoms with van der Waals surface area (Å²) in [6.07, 6.45) is 2.32. The summed E-state index contributed by atoms with van der Waals surface area (Å²) >= 11 is 0. The van der Waals surface area contributed by atoms with Crippen LogP contribution in [-0.2, 0) is 33.1 Å². The number of benzene rings is 1. The predicted octanol–water partition coefficient (Wildman–Crippen LogP) is 1.50. The molecule has 0 atom stereocenters. The summed E-state index contributed by atoms with van der Waals surface area (Å²) in [5.74, 6) is -2.15. The molecule has 0 saturated carbocycles. The largest absolute Gasteiger partial charge is 0.481 e. The lowest BCUT2D eigenvalue weighted by Crippen LogP contribution is -2.15. The minimum atomic E-state index is -3.65. The molecule has 0 fully saturated rings. The number of carbonyl (C=O) groups is 2. The van der Waals surface area contributed by atoms with Gasteiger partial charge in [0, 0.05) is 30.7 Å². The summed E-state index contributed by atoms with van der Waals surface area (Å²) in [6, 6.07) is 5.01. The smallest absolute Gasteiger partial charge is 0.303 e. The van der Waals surface area contributed by atoms with E-state index in [9.17, 15) is 18.0 Å². The molecule has 0 radical (unpaired) electrons. The van der Waals surface area contributed by atoms with E-state index >= 15 is 0 Å². The molecule has 0 saturated heterocycles. The van der Waals surface area contributed by atoms with Crippen LogP contribution in [-0.4, -0.2) is 60.7 Å². The van der Waals surface area contributed by atoms with E-state index < -0.39 is 22.0 Å². The second kappa shape index (κ2) is 10.8. The SMILES string of the molecule is C.CN(C)CCc1cn(C)c2ccc(S(N)(=O)=O)cc12.O=C(O)CCC(=O)O. The maximum atomic E-state index is 11.4. The van der Waals surface area contributed by atoms with Crippen molar-refractivity contribution < 1.29 is 28.2 Å². The molecule has 0 amide bonds. The molecular weight excluding hydrogens is 386 g/mol. The fraction of sp³-hybridized carbons (Fsp3) is 0.444. The molecule has 158 valence electrons. The Kier molecular flexibility index (Phi) is 9.85. The highest BCUT2D eigenvalue weighted by molar-refractivity contribution is 7.89. The molecule has 0 spiro atoms. The lowest BCUT2D eigenvalue weighted by Gasteiger charge is -2.08. The highest BCUT2D eigenvalue weighted by atomic mass is 32.2. The van der Waals surface area contributed by atoms with Gasteiger partial charge in [-0.05, 0) is 44.3 Å². The number of carboxylic acids is 2. The molecule has 1 aromatic heterocycles. The van der Waals surface area contributed by atoms with Crippen LogP contribution in [0.1, 0.15) is 25.8 Å². The third-order valence-electron chi connectivity index (χ3n) is 3.75. The van der Waals surface area contributed by atoms with E-state index in [1.165, 1.54) is 0 Å². The molecule has 2 aromatic rings. The number of primary sulfonamides is 1. The minimum Gasteiger partial charge on any atom is -0.481 e. The zero-order valence-electron chi connectivity index (χ0n) is 15.5. The summed E-state index contributed by atoms with van der Waals surface area (Å²) in [7, 11) is 2.33. The summed E-state index contributed by atoms with van der Waals surface area (Å²) in [5.41, 5.74) is 2.15. The number of sulfonamides is 1. The summed E-state index contributed by atoms with van der Waals surface area (Å²) in [6.45, 7) is 0.915. The Hall–Kier alpha value is -2.43. The number of nitrogens with two attached hydrogens (primary N) is 1. The Balaban J connectivity index is 0.000000694. The van der Waals surface area contributed by atoms with Crippen molar-refractivity contribution >= 4 is 32.9 Å². The number of hydrogen-bond acceptors (Lipinski definition) is 5. The number of rotatable bonds is 7. The highest BCUT2D eigenvalue weighted by Gasteiger charge is 2.12. The van der Waals surface area contributed by atoms with Gasteiger partial charge in [-0.25, -0.2) is 13.6 Å². The van der Waals surface area contributed by atoms with Gasteiger partial charge in [-0.3, -0.25) is 9.59 Å². The maximum Gasteiger partial charge on any atom is 0.303 e. The van der Waals surface area contributed by atoms with Crippen molar-refractivity contribution in [1.29, 1.82) is 0 Å². The van der Waals surface area contributed by atoms with Gasteiger partial charge in [0.15, 0.2) is 0 Å². The molecule has 0 unspecified atom stereocenters. The van der Waals surface area contributed by atoms with Gasteiger partial charge in [0.2, 0.25) is 10.0 Å². The first-order valence-electron chi connectivity index (χ1n) is 8.11. The van der Waals surface area contributed by atoms with Crippen molar-refractivity contribution in [2.45, 2.75) is 31.6 Å². The van der Waals surface area contributed by atoms with Gasteiger partial charge in [0.1, 0.15) is 0 Å². The molecule has 0 aliphatic rings. The van der Waals surface area contributed by atoms with Crippen molar-refractivity contribution in [2.75, 3.05) is 20.6 Å². The van der Waals surface area contributed by atoms with Gasteiger partial charge in [-0.15, -0.1) is 0 Å². The van der Waals surface area contributed by atoms with Crippen LogP contribution in [0.5, 0.6) is 0 Å². The molecule has 0 aliphatic carbocycles. The Labute approximate surface area is 165 Å². The Morgan fingerprint density at radius 3 is 2.11 bits per heavy atom. The highest BCUT2D eigenvalue weighted by Crippen LogP contribution is 2.24. The quantitative estimate of drug-likeness (QED) is 0.622. The number of nitrogens with zero attached hydrogens (tertiary/aromatic N) is 2. The van der Waals surface area contributed by atoms with Gasteiger partial charge < -0.3 is 19.7 Å². The molecule has 10 heteroatoms. The van der Waals surface area contributed by atoms with Crippen LogP contribution in [0.25, 0.3) is 10.9 Å². The predicted molar refractivity (Wildman–Crippen MR) is 108 cm³/mol. The Morgan fingerprint density at radius 1 is 1.14 bits per heavy atom. The van der Waals surface area contributed by atoms with Crippen molar-refractivity contribution in [3.05, 3.63) is 30.0 Å². The van der Waals surface area contributed by atoms with Gasteiger partial charge in [-0.2, -0.15) is 0 Å². The zero-order chi connectivity index (χ0) is 20.8. The Morgan fingerprint density at radius 2 is 1.68 bits per heavy atom. The standard InChI is InChI=1S/C13H19N3O2S.C4H6O4.CH4/c1-15(2)7-6-10-9-16(3)13-5-4-11(8-12(10)13)19(14,17)18;5-3(6)1-2-4(7)8;/h4-5,8-9H,6-7H2,1-3H3,(H2,14,17,18);1-2H2,(H,5,6)(H,7,8);1H4. The number of aromatic nitrogens is 1. The molecule has 0 bridgehead atoms. The van der Waals surface area contributed by atoms with E-state index in [-0.39, 0.29) is 25.2 Å². The first kappa shape index (κ1) is 25.6. The van der Waals surface area contributed by atoms with E-state index in [1.54, 1.807) is 18.2 Å². The van der Waals surface area contributed by atoms with Crippen LogP contribution in [0.3, 0.4) is 0 Å². The molecule has 2 rings (SSSR count). The average molecular weight is 416 g/mol. The minimum absolute atomic E-state index is 0. The van der Waals surface area contributed by atoms with E-state index in [0.29, 0.717) is 0 Å². The van der Waals surface area contributed by atoms with Crippen molar-refractivity contribution in [2.24, 2.45) is 12.2 Å². The van der Waals surface area contributed by atoms with Crippen LogP contribution in [0.4, 0.5) is 0 Å². The molecule has 9 nitrogen and oxygen atoms in total. The third kappa shape index (κ3) is 8.07. The van der Waals surface area contributed by atoms with Crippen LogP contribution >= 0.6 is 0 Å². The maximum absolute atomic E-state index is 11.4. The number of fused-ring (bicyclic) bond motifs is 1. The fourth-order valence-electron chi connectivity index (χ4n) is 2.39. The van der Waals surface area contributed by atoms with Crippen molar-refractivity contribution in [3.8, 4) is 0 Å². The number of carboxylic acid groups (broad SMARTS) is 2. The average Bonchev–Trinajstić information content (AvgIpc) is 2.86. The number of aliphatic carboxylic acids is 2. The molecule has 4 N–H and O–H groups in total. The summed E-state index contributed by atoms with van der Waals surface area (Å²) in [5, 5.41) is 21.9. The van der Waals surface area contributed by atoms with Crippen LogP contribution in [0.15, 0.2) is 29.3 Å². The molecule has 28 heavy (non-hydrogen) atoms. The van der Waals surface area contributed by atoms with E-state index in [1.807, 2.05) is 31.9 Å². The topological polar surface area (TPSA) is 143 Å². The van der Waals surface area contributed by atoms with Crippen LogP contribution in [0, 0.1) is 0 Å². The first-order chi connectivity index (χ1) is 12.4. The van der Waals surface area contributed by atoms with Crippen LogP contribution in [0.2, 0.25) is 0 Å². The second-order valence-electron chi connectivity index (χ2n) is 6.33. The third-order valence-corrected chi connectivity index (χ3v) is 4.66. The van der Waals surface area contributed by atoms with Gasteiger partial charge >= 0.3 is 11.9 Å². The molecule has 0 aliphatic heterocycles. The number of likely N-dealkylation sites (N-methyl/N-ethyl adjacent to an activating group) is 1. The lowest BCUT2D eigenvalue weighted by molar-refractivity contribution is -0.143. The fourth-order valence-corrected chi connectivity index (χ4v) is 2.93. The zero-order valence-corrected chi connectivity index (χ0v) is 16.4. The van der Waals surface area contributed by atoms with E-state index in [2.05, 4.69) is 4.90 Å². The van der Waals surface area contributed by atoms with E-state index in [4.69, 9.17) is 15.4 Å². The first-order valence-corrected chi connectivity index (χ1v) is 9.65. The summed E-state index contributed by atoms with van der Waals surface area (Å²) in [4.78, 5) is 21.5. The molecular formula is C18H29N3O6S. The number of aryl methyl sites for hydroxylation is 1. The van der Waals surface area contributed by atoms with Crippen molar-refractivity contribution in [1.82, 2.24) is 9.47 Å². The van der Waals surface area contributed by atoms with Gasteiger partial charge in [0.05, 0.1) is 17.7 Å². The monoisotopic (exact) mass is 415 g/mol. The summed E-state index contributed by atoms with van der Waals surface area (Å²) < 4.78 is 24.9. The molecule has 1 aromatic carbocycles. The lowest BCUT2D eigenvalue weighted by atomic mass is 10.1. The normalized spacial score (nSPS) is 10.9. The van der Waals surface area contributed by atoms with E-state index in [0.717, 1.165) is 29.4 Å².